The molecular formula is C14H23N5. The number of anilines is 2. The molecule has 2 N–H and O–H groups in total. The Hall–Kier alpha value is -1.36. The van der Waals surface area contributed by atoms with E-state index in [0.29, 0.717) is 12.1 Å². The van der Waals surface area contributed by atoms with Gasteiger partial charge in [0, 0.05) is 31.2 Å². The van der Waals surface area contributed by atoms with Gasteiger partial charge in [-0.15, -0.1) is 0 Å². The maximum atomic E-state index is 4.42. The van der Waals surface area contributed by atoms with Gasteiger partial charge >= 0.3 is 0 Å². The Morgan fingerprint density at radius 1 is 1.11 bits per heavy atom. The highest BCUT2D eigenvalue weighted by Gasteiger charge is 2.20. The van der Waals surface area contributed by atoms with Gasteiger partial charge in [-0.25, -0.2) is 9.97 Å². The first-order chi connectivity index (χ1) is 9.35. The largest absolute Gasteiger partial charge is 0.367 e. The molecule has 0 bridgehead atoms. The van der Waals surface area contributed by atoms with Crippen LogP contribution in [0.3, 0.4) is 0 Å². The zero-order valence-corrected chi connectivity index (χ0v) is 11.6. The summed E-state index contributed by atoms with van der Waals surface area (Å²) in [6, 6.07) is 3.38. The van der Waals surface area contributed by atoms with Crippen molar-refractivity contribution in [2.45, 2.75) is 44.2 Å². The maximum Gasteiger partial charge on any atom is 0.134 e. The van der Waals surface area contributed by atoms with Crippen LogP contribution in [0.25, 0.3) is 0 Å². The normalized spacial score (nSPS) is 21.2. The third-order valence-corrected chi connectivity index (χ3v) is 4.34. The molecule has 2 fully saturated rings. The summed E-state index contributed by atoms with van der Waals surface area (Å²) in [5.41, 5.74) is 0. The highest BCUT2D eigenvalue weighted by atomic mass is 15.2. The quantitative estimate of drug-likeness (QED) is 0.863. The fourth-order valence-corrected chi connectivity index (χ4v) is 2.76. The smallest absolute Gasteiger partial charge is 0.134 e. The fourth-order valence-electron chi connectivity index (χ4n) is 2.76. The van der Waals surface area contributed by atoms with E-state index in [1.807, 2.05) is 7.05 Å². The second-order valence-electron chi connectivity index (χ2n) is 5.58. The molecule has 1 aromatic heterocycles. The number of rotatable bonds is 4. The summed E-state index contributed by atoms with van der Waals surface area (Å²) in [7, 11) is 2.05. The van der Waals surface area contributed by atoms with Gasteiger partial charge in [-0.1, -0.05) is 0 Å². The van der Waals surface area contributed by atoms with Crippen LogP contribution in [-0.4, -0.2) is 42.2 Å². The van der Waals surface area contributed by atoms with E-state index in [0.717, 1.165) is 24.7 Å². The minimum atomic E-state index is 0.623. The Balaban J connectivity index is 1.62. The Morgan fingerprint density at radius 2 is 1.89 bits per heavy atom. The van der Waals surface area contributed by atoms with Gasteiger partial charge in [0.15, 0.2) is 0 Å². The predicted octanol–water partition coefficient (Wildman–Crippen LogP) is 1.63. The predicted molar refractivity (Wildman–Crippen MR) is 77.6 cm³/mol. The van der Waals surface area contributed by atoms with E-state index >= 15 is 0 Å². The molecule has 0 aromatic carbocycles. The molecule has 1 aromatic rings. The molecule has 104 valence electrons. The highest BCUT2D eigenvalue weighted by Crippen LogP contribution is 2.24. The van der Waals surface area contributed by atoms with Crippen LogP contribution in [0.4, 0.5) is 11.6 Å². The lowest BCUT2D eigenvalue weighted by atomic mass is 9.93. The Morgan fingerprint density at radius 3 is 2.53 bits per heavy atom. The summed E-state index contributed by atoms with van der Waals surface area (Å²) in [5, 5.41) is 6.84. The highest BCUT2D eigenvalue weighted by molar-refractivity contribution is 5.49. The van der Waals surface area contributed by atoms with Crippen LogP contribution >= 0.6 is 0 Å². The minimum absolute atomic E-state index is 0.623. The van der Waals surface area contributed by atoms with Crippen molar-refractivity contribution in [2.75, 3.05) is 30.4 Å². The Bertz CT molecular complexity index is 410. The Kier molecular flexibility index (Phi) is 3.82. The van der Waals surface area contributed by atoms with Crippen LogP contribution in [0.15, 0.2) is 12.4 Å². The molecule has 5 heteroatoms. The molecule has 0 unspecified atom stereocenters. The first-order valence-electron chi connectivity index (χ1n) is 7.36. The van der Waals surface area contributed by atoms with Crippen molar-refractivity contribution in [2.24, 2.45) is 0 Å². The van der Waals surface area contributed by atoms with Gasteiger partial charge in [-0.3, -0.25) is 0 Å². The molecule has 2 heterocycles. The molecule has 1 saturated heterocycles. The first-order valence-corrected chi connectivity index (χ1v) is 7.36. The van der Waals surface area contributed by atoms with Gasteiger partial charge < -0.3 is 15.5 Å². The SMILES string of the molecule is CNC1CCN(c2cc(NC3CCC3)ncn2)CC1. The molecular weight excluding hydrogens is 238 g/mol. The van der Waals surface area contributed by atoms with Crippen LogP contribution < -0.4 is 15.5 Å². The van der Waals surface area contributed by atoms with Crippen molar-refractivity contribution in [1.29, 1.82) is 0 Å². The van der Waals surface area contributed by atoms with E-state index in [1.165, 1.54) is 32.1 Å². The monoisotopic (exact) mass is 261 g/mol. The standard InChI is InChI=1S/C14H23N5/c1-15-11-5-7-19(8-6-11)14-9-13(16-10-17-14)18-12-3-2-4-12/h9-12,15H,2-8H2,1H3,(H,16,17,18). The van der Waals surface area contributed by atoms with Crippen LogP contribution in [0.1, 0.15) is 32.1 Å². The van der Waals surface area contributed by atoms with Crippen molar-refractivity contribution in [1.82, 2.24) is 15.3 Å². The van der Waals surface area contributed by atoms with E-state index in [2.05, 4.69) is 31.6 Å². The lowest BCUT2D eigenvalue weighted by molar-refractivity contribution is 0.439. The van der Waals surface area contributed by atoms with Crippen molar-refractivity contribution >= 4 is 11.6 Å². The number of hydrogen-bond donors (Lipinski definition) is 2. The van der Waals surface area contributed by atoms with Crippen LogP contribution in [-0.2, 0) is 0 Å². The van der Waals surface area contributed by atoms with Gasteiger partial charge in [0.2, 0.25) is 0 Å². The Labute approximate surface area is 114 Å². The molecule has 1 aliphatic heterocycles. The lowest BCUT2D eigenvalue weighted by Crippen LogP contribution is -2.41. The molecule has 1 aliphatic carbocycles. The number of nitrogens with zero attached hydrogens (tertiary/aromatic N) is 3. The molecule has 3 rings (SSSR count). The van der Waals surface area contributed by atoms with Crippen LogP contribution in [0.2, 0.25) is 0 Å². The second-order valence-corrected chi connectivity index (χ2v) is 5.58. The molecule has 0 amide bonds. The van der Waals surface area contributed by atoms with E-state index in [9.17, 15) is 0 Å². The molecule has 0 spiro atoms. The van der Waals surface area contributed by atoms with Gasteiger partial charge in [0.05, 0.1) is 0 Å². The second kappa shape index (κ2) is 5.74. The van der Waals surface area contributed by atoms with Crippen molar-refractivity contribution in [3.8, 4) is 0 Å². The van der Waals surface area contributed by atoms with Gasteiger partial charge in [-0.2, -0.15) is 0 Å². The topological polar surface area (TPSA) is 53.1 Å². The fraction of sp³-hybridized carbons (Fsp3) is 0.714. The average Bonchev–Trinajstić information content (AvgIpc) is 2.43. The summed E-state index contributed by atoms with van der Waals surface area (Å²) in [4.78, 5) is 11.1. The van der Waals surface area contributed by atoms with E-state index in [-0.39, 0.29) is 0 Å². The number of piperidine rings is 1. The van der Waals surface area contributed by atoms with E-state index < -0.39 is 0 Å². The summed E-state index contributed by atoms with van der Waals surface area (Å²) in [6.07, 6.45) is 7.94. The summed E-state index contributed by atoms with van der Waals surface area (Å²) in [6.45, 7) is 2.15. The molecule has 2 aliphatic rings. The molecule has 19 heavy (non-hydrogen) atoms. The van der Waals surface area contributed by atoms with E-state index in [1.54, 1.807) is 6.33 Å². The maximum absolute atomic E-state index is 4.42. The van der Waals surface area contributed by atoms with Crippen molar-refractivity contribution in [3.05, 3.63) is 12.4 Å². The average molecular weight is 261 g/mol. The molecule has 1 saturated carbocycles. The lowest BCUT2D eigenvalue weighted by Gasteiger charge is -2.33. The number of nitrogens with one attached hydrogen (secondary N) is 2. The first kappa shape index (κ1) is 12.7. The third-order valence-electron chi connectivity index (χ3n) is 4.34. The van der Waals surface area contributed by atoms with E-state index in [4.69, 9.17) is 0 Å². The zero-order chi connectivity index (χ0) is 13.1. The number of aromatic nitrogens is 2. The summed E-state index contributed by atoms with van der Waals surface area (Å²) < 4.78 is 0. The van der Waals surface area contributed by atoms with Gasteiger partial charge in [0.1, 0.15) is 18.0 Å². The van der Waals surface area contributed by atoms with Crippen molar-refractivity contribution < 1.29 is 0 Å². The summed E-state index contributed by atoms with van der Waals surface area (Å²) >= 11 is 0. The molecule has 5 nitrogen and oxygen atoms in total. The molecule has 0 atom stereocenters. The van der Waals surface area contributed by atoms with Crippen LogP contribution in [0.5, 0.6) is 0 Å². The zero-order valence-electron chi connectivity index (χ0n) is 11.6. The number of hydrogen-bond acceptors (Lipinski definition) is 5. The third kappa shape index (κ3) is 2.97. The summed E-state index contributed by atoms with van der Waals surface area (Å²) in [5.74, 6) is 2.04. The van der Waals surface area contributed by atoms with Gasteiger partial charge in [0.25, 0.3) is 0 Å². The van der Waals surface area contributed by atoms with Crippen LogP contribution in [0, 0.1) is 0 Å². The van der Waals surface area contributed by atoms with Gasteiger partial charge in [-0.05, 0) is 39.2 Å². The minimum Gasteiger partial charge on any atom is -0.367 e. The van der Waals surface area contributed by atoms with Crippen molar-refractivity contribution in [3.63, 3.8) is 0 Å². The molecule has 0 radical (unpaired) electrons.